The number of nitrogens with zero attached hydrogens (tertiary/aromatic N) is 3. The number of likely N-dealkylation sites (tertiary alicyclic amines) is 1. The predicted octanol–water partition coefficient (Wildman–Crippen LogP) is 3.11. The summed E-state index contributed by atoms with van der Waals surface area (Å²) in [7, 11) is 4.10. The lowest BCUT2D eigenvalue weighted by Gasteiger charge is -2.24. The van der Waals surface area contributed by atoms with E-state index in [0.717, 1.165) is 37.2 Å². The highest BCUT2D eigenvalue weighted by Gasteiger charge is 2.30. The van der Waals surface area contributed by atoms with Gasteiger partial charge in [0.05, 0.1) is 18.2 Å². The normalized spacial score (nSPS) is 17.9. The second kappa shape index (κ2) is 7.23. The van der Waals surface area contributed by atoms with Crippen LogP contribution < -0.4 is 0 Å². The van der Waals surface area contributed by atoms with E-state index in [4.69, 9.17) is 0 Å². The van der Waals surface area contributed by atoms with Crippen molar-refractivity contribution in [1.82, 2.24) is 14.8 Å². The molecule has 0 N–H and O–H groups in total. The van der Waals surface area contributed by atoms with Gasteiger partial charge in [0.15, 0.2) is 0 Å². The van der Waals surface area contributed by atoms with Crippen LogP contribution in [0.4, 0.5) is 0 Å². The molecule has 0 aromatic carbocycles. The number of rotatable bonds is 5. The number of hydrogen-bond donors (Lipinski definition) is 0. The Balaban J connectivity index is 1.69. The minimum atomic E-state index is 0.134. The molecule has 2 aromatic rings. The maximum atomic E-state index is 12.6. The fraction of sp³-hybridized carbons (Fsp3) is 0.444. The first-order chi connectivity index (χ1) is 11.1. The molecule has 2 aromatic heterocycles. The third-order valence-electron chi connectivity index (χ3n) is 4.20. The monoisotopic (exact) mass is 329 g/mol. The zero-order chi connectivity index (χ0) is 16.2. The van der Waals surface area contributed by atoms with Crippen molar-refractivity contribution < 1.29 is 4.79 Å². The van der Waals surface area contributed by atoms with Crippen LogP contribution in [-0.4, -0.2) is 41.3 Å². The number of carbonyl (C=O) groups excluding carboxylic acids is 1. The van der Waals surface area contributed by atoms with Crippen molar-refractivity contribution in [3.05, 3.63) is 52.0 Å². The van der Waals surface area contributed by atoms with Gasteiger partial charge in [0.25, 0.3) is 0 Å². The van der Waals surface area contributed by atoms with Crippen LogP contribution in [0.2, 0.25) is 0 Å². The minimum Gasteiger partial charge on any atom is -0.334 e. The number of carbonyl (C=O) groups is 1. The van der Waals surface area contributed by atoms with Crippen molar-refractivity contribution in [3.8, 4) is 0 Å². The van der Waals surface area contributed by atoms with Crippen molar-refractivity contribution in [2.24, 2.45) is 0 Å². The van der Waals surface area contributed by atoms with Crippen LogP contribution in [0, 0.1) is 0 Å². The van der Waals surface area contributed by atoms with E-state index < -0.39 is 0 Å². The summed E-state index contributed by atoms with van der Waals surface area (Å²) in [5, 5.41) is 4.08. The van der Waals surface area contributed by atoms with Crippen molar-refractivity contribution in [2.45, 2.75) is 31.8 Å². The van der Waals surface area contributed by atoms with Gasteiger partial charge in [-0.1, -0.05) is 6.07 Å². The summed E-state index contributed by atoms with van der Waals surface area (Å²) in [5.41, 5.74) is 3.33. The molecule has 3 rings (SSSR count). The van der Waals surface area contributed by atoms with E-state index in [-0.39, 0.29) is 11.9 Å². The maximum absolute atomic E-state index is 12.6. The number of thiophene rings is 1. The average Bonchev–Trinajstić information content (AvgIpc) is 3.18. The van der Waals surface area contributed by atoms with Crippen molar-refractivity contribution in [1.29, 1.82) is 0 Å². The first-order valence-electron chi connectivity index (χ1n) is 8.03. The fourth-order valence-electron chi connectivity index (χ4n) is 3.13. The third-order valence-corrected chi connectivity index (χ3v) is 4.93. The highest BCUT2D eigenvalue weighted by molar-refractivity contribution is 7.07. The maximum Gasteiger partial charge on any atom is 0.227 e. The van der Waals surface area contributed by atoms with Crippen LogP contribution in [0.5, 0.6) is 0 Å². The van der Waals surface area contributed by atoms with Gasteiger partial charge in [0, 0.05) is 19.3 Å². The van der Waals surface area contributed by atoms with Crippen LogP contribution in [0.15, 0.2) is 35.2 Å². The molecule has 0 unspecified atom stereocenters. The quantitative estimate of drug-likeness (QED) is 0.846. The average molecular weight is 329 g/mol. The third kappa shape index (κ3) is 3.98. The number of hydrogen-bond acceptors (Lipinski definition) is 4. The molecule has 0 saturated carbocycles. The summed E-state index contributed by atoms with van der Waals surface area (Å²) in [6.07, 6.45) is 4.50. The van der Waals surface area contributed by atoms with Gasteiger partial charge in [-0.15, -0.1) is 0 Å². The highest BCUT2D eigenvalue weighted by Crippen LogP contribution is 2.31. The largest absolute Gasteiger partial charge is 0.334 e. The highest BCUT2D eigenvalue weighted by atomic mass is 32.1. The van der Waals surface area contributed by atoms with E-state index >= 15 is 0 Å². The van der Waals surface area contributed by atoms with Gasteiger partial charge < -0.3 is 9.80 Å². The topological polar surface area (TPSA) is 36.4 Å². The van der Waals surface area contributed by atoms with Crippen LogP contribution in [-0.2, 0) is 17.8 Å². The van der Waals surface area contributed by atoms with Crippen LogP contribution in [0.1, 0.15) is 35.7 Å². The summed E-state index contributed by atoms with van der Waals surface area (Å²) >= 11 is 1.64. The standard InChI is InChI=1S/C18H23N3OS/c1-20(2)12-15-5-6-16(19-11-15)17-4-3-8-21(17)18(22)10-14-7-9-23-13-14/h5-7,9,11,13,17H,3-4,8,10,12H2,1-2H3/t17-/m1/s1. The smallest absolute Gasteiger partial charge is 0.227 e. The number of pyridine rings is 1. The first kappa shape index (κ1) is 16.1. The summed E-state index contributed by atoms with van der Waals surface area (Å²) in [6, 6.07) is 6.37. The molecule has 4 nitrogen and oxygen atoms in total. The predicted molar refractivity (Wildman–Crippen MR) is 93.3 cm³/mol. The van der Waals surface area contributed by atoms with Gasteiger partial charge in [-0.05, 0) is 61.0 Å². The Bertz CT molecular complexity index is 637. The van der Waals surface area contributed by atoms with Crippen LogP contribution in [0.25, 0.3) is 0 Å². The van der Waals surface area contributed by atoms with Gasteiger partial charge in [-0.2, -0.15) is 11.3 Å². The van der Waals surface area contributed by atoms with Crippen LogP contribution in [0.3, 0.4) is 0 Å². The molecule has 1 atom stereocenters. The van der Waals surface area contributed by atoms with Crippen molar-refractivity contribution in [3.63, 3.8) is 0 Å². The number of amides is 1. The first-order valence-corrected chi connectivity index (χ1v) is 8.98. The Kier molecular flexibility index (Phi) is 5.08. The Morgan fingerprint density at radius 1 is 1.35 bits per heavy atom. The van der Waals surface area contributed by atoms with E-state index in [2.05, 4.69) is 41.5 Å². The molecule has 1 amide bonds. The summed E-state index contributed by atoms with van der Waals surface area (Å²) in [6.45, 7) is 1.73. The van der Waals surface area contributed by atoms with Gasteiger partial charge in [0.2, 0.25) is 5.91 Å². The van der Waals surface area contributed by atoms with Crippen molar-refractivity contribution >= 4 is 17.2 Å². The molecule has 0 spiro atoms. The molecular formula is C18H23N3OS. The molecule has 1 fully saturated rings. The SMILES string of the molecule is CN(C)Cc1ccc([C@H]2CCCN2C(=O)Cc2ccsc2)nc1. The summed E-state index contributed by atoms with van der Waals surface area (Å²) < 4.78 is 0. The van der Waals surface area contributed by atoms with E-state index in [9.17, 15) is 4.79 Å². The lowest BCUT2D eigenvalue weighted by molar-refractivity contribution is -0.131. The molecule has 0 bridgehead atoms. The lowest BCUT2D eigenvalue weighted by atomic mass is 10.1. The van der Waals surface area contributed by atoms with Crippen LogP contribution >= 0.6 is 11.3 Å². The second-order valence-electron chi connectivity index (χ2n) is 6.38. The zero-order valence-electron chi connectivity index (χ0n) is 13.7. The minimum absolute atomic E-state index is 0.134. The summed E-state index contributed by atoms with van der Waals surface area (Å²) in [5.74, 6) is 0.213. The Morgan fingerprint density at radius 2 is 2.22 bits per heavy atom. The second-order valence-corrected chi connectivity index (χ2v) is 7.16. The van der Waals surface area contributed by atoms with Crippen molar-refractivity contribution in [2.75, 3.05) is 20.6 Å². The summed E-state index contributed by atoms with van der Waals surface area (Å²) in [4.78, 5) is 21.4. The molecule has 0 radical (unpaired) electrons. The molecule has 23 heavy (non-hydrogen) atoms. The van der Waals surface area contributed by atoms with Gasteiger partial charge >= 0.3 is 0 Å². The van der Waals surface area contributed by atoms with Gasteiger partial charge in [-0.25, -0.2) is 0 Å². The lowest BCUT2D eigenvalue weighted by Crippen LogP contribution is -2.32. The molecule has 1 aliphatic heterocycles. The molecule has 0 aliphatic carbocycles. The molecule has 1 saturated heterocycles. The Labute approximate surface area is 141 Å². The van der Waals surface area contributed by atoms with Gasteiger partial charge in [0.1, 0.15) is 0 Å². The molecule has 1 aliphatic rings. The molecule has 5 heteroatoms. The van der Waals surface area contributed by atoms with Gasteiger partial charge in [-0.3, -0.25) is 9.78 Å². The van der Waals surface area contributed by atoms with E-state index in [1.807, 2.05) is 22.5 Å². The van der Waals surface area contributed by atoms with E-state index in [1.165, 1.54) is 5.56 Å². The zero-order valence-corrected chi connectivity index (χ0v) is 14.6. The Hall–Kier alpha value is -1.72. The fourth-order valence-corrected chi connectivity index (χ4v) is 3.80. The van der Waals surface area contributed by atoms with E-state index in [0.29, 0.717) is 6.42 Å². The molecule has 3 heterocycles. The Morgan fingerprint density at radius 3 is 2.87 bits per heavy atom. The molecular weight excluding hydrogens is 306 g/mol. The van der Waals surface area contributed by atoms with E-state index in [1.54, 1.807) is 11.3 Å². The number of aromatic nitrogens is 1. The molecule has 122 valence electrons.